The van der Waals surface area contributed by atoms with Crippen LogP contribution in [0.3, 0.4) is 0 Å². The molecular weight excluding hydrogens is 374 g/mol. The van der Waals surface area contributed by atoms with Crippen molar-refractivity contribution in [1.29, 1.82) is 0 Å². The zero-order valence-electron chi connectivity index (χ0n) is 16.2. The molecule has 8 nitrogen and oxygen atoms in total. The molecule has 1 aliphatic rings. The van der Waals surface area contributed by atoms with Crippen LogP contribution in [0.5, 0.6) is 5.75 Å². The zero-order valence-corrected chi connectivity index (χ0v) is 16.2. The first-order valence-electron chi connectivity index (χ1n) is 8.85. The first kappa shape index (κ1) is 19.9. The number of hydrogen-bond acceptors (Lipinski definition) is 5. The van der Waals surface area contributed by atoms with E-state index in [0.717, 1.165) is 0 Å². The van der Waals surface area contributed by atoms with E-state index in [4.69, 9.17) is 9.47 Å². The number of esters is 1. The molecule has 1 heterocycles. The summed E-state index contributed by atoms with van der Waals surface area (Å²) in [7, 11) is 2.82. The molecule has 3 rings (SSSR count). The predicted octanol–water partition coefficient (Wildman–Crippen LogP) is 2.75. The standard InChI is InChI=1S/C21H21N3O5/c1-12-17(19(25)23-15-6-4-5-7-16(15)28-2)18(24-21(27)22-12)13-8-10-14(11-9-13)20(26)29-3/h4-11,18H,1-3H3,(H,23,25)(H2,22,24,27)/t18-/m0/s1. The van der Waals surface area contributed by atoms with Crippen LogP contribution in [-0.2, 0) is 9.53 Å². The molecule has 29 heavy (non-hydrogen) atoms. The average Bonchev–Trinajstić information content (AvgIpc) is 2.73. The molecule has 2 aromatic rings. The molecule has 0 spiro atoms. The third-order valence-electron chi connectivity index (χ3n) is 4.53. The van der Waals surface area contributed by atoms with E-state index in [-0.39, 0.29) is 5.91 Å². The Morgan fingerprint density at radius 3 is 2.38 bits per heavy atom. The van der Waals surface area contributed by atoms with Crippen LogP contribution in [0, 0.1) is 0 Å². The van der Waals surface area contributed by atoms with Gasteiger partial charge in [0.1, 0.15) is 5.75 Å². The first-order chi connectivity index (χ1) is 13.9. The van der Waals surface area contributed by atoms with Crippen molar-refractivity contribution in [3.05, 3.63) is 70.9 Å². The number of methoxy groups -OCH3 is 2. The Kier molecular flexibility index (Phi) is 5.82. The number of nitrogens with one attached hydrogen (secondary N) is 3. The topological polar surface area (TPSA) is 106 Å². The quantitative estimate of drug-likeness (QED) is 0.675. The molecule has 1 aliphatic heterocycles. The molecule has 150 valence electrons. The summed E-state index contributed by atoms with van der Waals surface area (Å²) >= 11 is 0. The van der Waals surface area contributed by atoms with Crippen molar-refractivity contribution in [2.75, 3.05) is 19.5 Å². The van der Waals surface area contributed by atoms with Crippen LogP contribution >= 0.6 is 0 Å². The molecule has 3 amide bonds. The van der Waals surface area contributed by atoms with Gasteiger partial charge in [0.25, 0.3) is 5.91 Å². The summed E-state index contributed by atoms with van der Waals surface area (Å²) in [5, 5.41) is 8.21. The van der Waals surface area contributed by atoms with Crippen LogP contribution < -0.4 is 20.7 Å². The highest BCUT2D eigenvalue weighted by atomic mass is 16.5. The fourth-order valence-corrected chi connectivity index (χ4v) is 3.11. The van der Waals surface area contributed by atoms with Crippen LogP contribution in [0.2, 0.25) is 0 Å². The van der Waals surface area contributed by atoms with Gasteiger partial charge in [-0.15, -0.1) is 0 Å². The fourth-order valence-electron chi connectivity index (χ4n) is 3.11. The molecule has 0 unspecified atom stereocenters. The Balaban J connectivity index is 1.93. The molecule has 3 N–H and O–H groups in total. The van der Waals surface area contributed by atoms with Crippen molar-refractivity contribution in [3.63, 3.8) is 0 Å². The van der Waals surface area contributed by atoms with Gasteiger partial charge in [0, 0.05) is 5.70 Å². The molecule has 0 aliphatic carbocycles. The molecule has 0 fully saturated rings. The van der Waals surface area contributed by atoms with Crippen LogP contribution in [0.15, 0.2) is 59.8 Å². The predicted molar refractivity (Wildman–Crippen MR) is 107 cm³/mol. The minimum Gasteiger partial charge on any atom is -0.495 e. The molecule has 8 heteroatoms. The lowest BCUT2D eigenvalue weighted by atomic mass is 9.94. The van der Waals surface area contributed by atoms with Crippen LogP contribution in [0.4, 0.5) is 10.5 Å². The fraction of sp³-hybridized carbons (Fsp3) is 0.190. The Morgan fingerprint density at radius 1 is 1.03 bits per heavy atom. The number of benzene rings is 2. The minimum atomic E-state index is -0.690. The maximum absolute atomic E-state index is 13.1. The number of amides is 3. The second kappa shape index (κ2) is 8.47. The number of rotatable bonds is 5. The molecule has 0 saturated carbocycles. The summed E-state index contributed by atoms with van der Waals surface area (Å²) in [5.74, 6) is -0.334. The number of anilines is 1. The maximum Gasteiger partial charge on any atom is 0.337 e. The minimum absolute atomic E-state index is 0.348. The lowest BCUT2D eigenvalue weighted by molar-refractivity contribution is -0.113. The van der Waals surface area contributed by atoms with Crippen molar-refractivity contribution in [2.24, 2.45) is 0 Å². The van der Waals surface area contributed by atoms with E-state index < -0.39 is 18.0 Å². The molecule has 0 radical (unpaired) electrons. The number of allylic oxidation sites excluding steroid dienone is 1. The van der Waals surface area contributed by atoms with E-state index in [0.29, 0.717) is 33.8 Å². The molecule has 0 bridgehead atoms. The van der Waals surface area contributed by atoms with E-state index in [2.05, 4.69) is 16.0 Å². The third-order valence-corrected chi connectivity index (χ3v) is 4.53. The van der Waals surface area contributed by atoms with Gasteiger partial charge < -0.3 is 25.4 Å². The largest absolute Gasteiger partial charge is 0.495 e. The average molecular weight is 395 g/mol. The highest BCUT2D eigenvalue weighted by Crippen LogP contribution is 2.30. The van der Waals surface area contributed by atoms with Crippen LogP contribution in [0.25, 0.3) is 0 Å². The number of carbonyl (C=O) groups is 3. The smallest absolute Gasteiger partial charge is 0.337 e. The van der Waals surface area contributed by atoms with Crippen molar-refractivity contribution >= 4 is 23.6 Å². The lowest BCUT2D eigenvalue weighted by Crippen LogP contribution is -2.46. The summed E-state index contributed by atoms with van der Waals surface area (Å²) < 4.78 is 9.97. The Hall–Kier alpha value is -3.81. The summed E-state index contributed by atoms with van der Waals surface area (Å²) in [6.07, 6.45) is 0. The number of para-hydroxylation sites is 2. The van der Waals surface area contributed by atoms with Gasteiger partial charge >= 0.3 is 12.0 Å². The highest BCUT2D eigenvalue weighted by molar-refractivity contribution is 6.07. The van der Waals surface area contributed by atoms with Gasteiger partial charge in [-0.05, 0) is 36.8 Å². The number of hydrogen-bond donors (Lipinski definition) is 3. The van der Waals surface area contributed by atoms with E-state index in [1.807, 2.05) is 0 Å². The SMILES string of the molecule is COC(=O)c1ccc([C@@H]2NC(=O)NC(C)=C2C(=O)Nc2ccccc2OC)cc1. The first-order valence-corrected chi connectivity index (χ1v) is 8.85. The summed E-state index contributed by atoms with van der Waals surface area (Å²) in [5.41, 5.74) is 2.32. The van der Waals surface area contributed by atoms with Gasteiger partial charge in [0.2, 0.25) is 0 Å². The van der Waals surface area contributed by atoms with Crippen molar-refractivity contribution in [2.45, 2.75) is 13.0 Å². The Labute approximate surface area is 167 Å². The van der Waals surface area contributed by atoms with E-state index >= 15 is 0 Å². The van der Waals surface area contributed by atoms with Gasteiger partial charge in [-0.25, -0.2) is 9.59 Å². The second-order valence-electron chi connectivity index (χ2n) is 6.34. The van der Waals surface area contributed by atoms with Crippen molar-refractivity contribution in [3.8, 4) is 5.75 Å². The summed E-state index contributed by atoms with van der Waals surface area (Å²) in [6, 6.07) is 12.4. The van der Waals surface area contributed by atoms with Gasteiger partial charge in [0.15, 0.2) is 0 Å². The van der Waals surface area contributed by atoms with Crippen LogP contribution in [0.1, 0.15) is 28.9 Å². The molecule has 1 atom stereocenters. The summed E-state index contributed by atoms with van der Waals surface area (Å²) in [4.78, 5) is 36.7. The van der Waals surface area contributed by atoms with Crippen LogP contribution in [-0.4, -0.2) is 32.1 Å². The zero-order chi connectivity index (χ0) is 21.0. The van der Waals surface area contributed by atoms with Crippen molar-refractivity contribution in [1.82, 2.24) is 10.6 Å². The third kappa shape index (κ3) is 4.21. The highest BCUT2D eigenvalue weighted by Gasteiger charge is 2.31. The monoisotopic (exact) mass is 395 g/mol. The van der Waals surface area contributed by atoms with E-state index in [1.165, 1.54) is 14.2 Å². The Bertz CT molecular complexity index is 982. The van der Waals surface area contributed by atoms with Gasteiger partial charge in [-0.2, -0.15) is 0 Å². The maximum atomic E-state index is 13.1. The van der Waals surface area contributed by atoms with Gasteiger partial charge in [-0.1, -0.05) is 24.3 Å². The number of urea groups is 1. The molecule has 2 aromatic carbocycles. The van der Waals surface area contributed by atoms with E-state index in [1.54, 1.807) is 55.5 Å². The molecular formula is C21H21N3O5. The number of ether oxygens (including phenoxy) is 2. The normalized spacial score (nSPS) is 15.8. The van der Waals surface area contributed by atoms with Gasteiger partial charge in [-0.3, -0.25) is 4.79 Å². The molecule has 0 saturated heterocycles. The summed E-state index contributed by atoms with van der Waals surface area (Å²) in [6.45, 7) is 1.66. The second-order valence-corrected chi connectivity index (χ2v) is 6.34. The molecule has 0 aromatic heterocycles. The lowest BCUT2D eigenvalue weighted by Gasteiger charge is -2.29. The van der Waals surface area contributed by atoms with Gasteiger partial charge in [0.05, 0.1) is 37.1 Å². The van der Waals surface area contributed by atoms with Crippen molar-refractivity contribution < 1.29 is 23.9 Å². The van der Waals surface area contributed by atoms with E-state index in [9.17, 15) is 14.4 Å². The number of carbonyl (C=O) groups excluding carboxylic acids is 3. The Morgan fingerprint density at radius 2 is 1.72 bits per heavy atom.